The molecule has 1 aromatic rings. The summed E-state index contributed by atoms with van der Waals surface area (Å²) in [6.45, 7) is 2.20. The number of sulfonamides is 1. The Morgan fingerprint density at radius 3 is 2.30 bits per heavy atom. The molecule has 10 heteroatoms. The lowest BCUT2D eigenvalue weighted by molar-refractivity contribution is -0.127. The fraction of sp³-hybridized carbons (Fsp3) is 0.588. The molecule has 0 saturated carbocycles. The summed E-state index contributed by atoms with van der Waals surface area (Å²) in [4.78, 5) is 12.2. The van der Waals surface area contributed by atoms with E-state index in [1.165, 1.54) is 30.7 Å². The molecule has 1 amide bonds. The van der Waals surface area contributed by atoms with E-state index in [0.717, 1.165) is 13.1 Å². The zero-order chi connectivity index (χ0) is 18.7. The van der Waals surface area contributed by atoms with Crippen LogP contribution in [0.25, 0.3) is 0 Å². The first-order valence-corrected chi connectivity index (χ1v) is 10.1. The summed E-state index contributed by atoms with van der Waals surface area (Å²) < 4.78 is 37.6. The number of hydrogen-bond donors (Lipinski definition) is 2. The van der Waals surface area contributed by atoms with E-state index >= 15 is 0 Å². The number of nitrogens with zero attached hydrogens (tertiary/aromatic N) is 1. The van der Waals surface area contributed by atoms with Gasteiger partial charge in [-0.25, -0.2) is 8.42 Å². The molecule has 0 unspecified atom stereocenters. The second-order valence-electron chi connectivity index (χ2n) is 6.56. The molecule has 2 N–H and O–H groups in total. The van der Waals surface area contributed by atoms with E-state index < -0.39 is 10.0 Å². The molecule has 0 radical (unpaired) electrons. The van der Waals surface area contributed by atoms with Gasteiger partial charge in [-0.05, 0) is 25.0 Å². The quantitative estimate of drug-likeness (QED) is 0.701. The number of carbonyl (C=O) groups is 1. The molecule has 0 aliphatic carbocycles. The molecule has 2 aliphatic heterocycles. The zero-order valence-corrected chi connectivity index (χ0v) is 17.1. The summed E-state index contributed by atoms with van der Waals surface area (Å²) in [6.07, 6.45) is 1.22. The minimum absolute atomic E-state index is 0. The third kappa shape index (κ3) is 4.66. The highest BCUT2D eigenvalue weighted by molar-refractivity contribution is 7.89. The van der Waals surface area contributed by atoms with Crippen molar-refractivity contribution in [2.24, 2.45) is 5.92 Å². The highest BCUT2D eigenvalue weighted by Crippen LogP contribution is 2.31. The van der Waals surface area contributed by atoms with Crippen molar-refractivity contribution < 1.29 is 22.7 Å². The number of rotatable bonds is 6. The van der Waals surface area contributed by atoms with Gasteiger partial charge in [0.25, 0.3) is 0 Å². The summed E-state index contributed by atoms with van der Waals surface area (Å²) in [5, 5.41) is 6.10. The number of nitrogens with one attached hydrogen (secondary N) is 2. The number of amides is 1. The first-order chi connectivity index (χ1) is 12.5. The Hall–Kier alpha value is -1.55. The number of piperidine rings is 1. The van der Waals surface area contributed by atoms with Crippen LogP contribution in [0.5, 0.6) is 11.5 Å². The predicted molar refractivity (Wildman–Crippen MR) is 103 cm³/mol. The molecule has 0 bridgehead atoms. The van der Waals surface area contributed by atoms with Crippen molar-refractivity contribution in [3.63, 3.8) is 0 Å². The molecule has 1 aromatic carbocycles. The minimum atomic E-state index is -3.61. The van der Waals surface area contributed by atoms with E-state index in [1.54, 1.807) is 6.07 Å². The van der Waals surface area contributed by atoms with Crippen LogP contribution in [0.3, 0.4) is 0 Å². The monoisotopic (exact) mass is 419 g/mol. The van der Waals surface area contributed by atoms with Gasteiger partial charge >= 0.3 is 0 Å². The van der Waals surface area contributed by atoms with Crippen LogP contribution in [0.15, 0.2) is 23.1 Å². The number of ether oxygens (including phenoxy) is 2. The Balaban J connectivity index is 0.00000261. The van der Waals surface area contributed by atoms with E-state index in [2.05, 4.69) is 10.6 Å². The maximum atomic E-state index is 12.9. The van der Waals surface area contributed by atoms with Crippen LogP contribution in [0.2, 0.25) is 0 Å². The molecule has 0 aromatic heterocycles. The number of halogens is 1. The number of carbonyl (C=O) groups excluding carboxylic acids is 1. The average Bonchev–Trinajstić information content (AvgIpc) is 2.60. The fourth-order valence-electron chi connectivity index (χ4n) is 3.16. The minimum Gasteiger partial charge on any atom is -0.493 e. The molecule has 2 saturated heterocycles. The van der Waals surface area contributed by atoms with Gasteiger partial charge < -0.3 is 20.1 Å². The highest BCUT2D eigenvalue weighted by atomic mass is 35.5. The summed E-state index contributed by atoms with van der Waals surface area (Å²) in [7, 11) is -0.629. The Morgan fingerprint density at radius 2 is 1.78 bits per heavy atom. The van der Waals surface area contributed by atoms with Gasteiger partial charge in [-0.1, -0.05) is 0 Å². The van der Waals surface area contributed by atoms with Gasteiger partial charge in [0.1, 0.15) is 0 Å². The third-order valence-electron chi connectivity index (χ3n) is 4.95. The molecule has 152 valence electrons. The van der Waals surface area contributed by atoms with E-state index in [-0.39, 0.29) is 35.2 Å². The van der Waals surface area contributed by atoms with Crippen LogP contribution in [-0.2, 0) is 14.8 Å². The standard InChI is InChI=1S/C17H25N3O5S.ClH/c1-24-15-4-3-14(9-16(15)25-2)26(22,23)20-7-5-13(6-8-20)19-17(21)12-10-18-11-12;/h3-4,9,12-13,18H,5-8,10-11H2,1-2H3,(H,19,21);1H. The first-order valence-electron chi connectivity index (χ1n) is 8.69. The first kappa shape index (κ1) is 21.7. The van der Waals surface area contributed by atoms with Crippen LogP contribution >= 0.6 is 12.4 Å². The van der Waals surface area contributed by atoms with Gasteiger partial charge in [-0.3, -0.25) is 4.79 Å². The maximum absolute atomic E-state index is 12.9. The van der Waals surface area contributed by atoms with E-state index in [4.69, 9.17) is 9.47 Å². The second-order valence-corrected chi connectivity index (χ2v) is 8.50. The van der Waals surface area contributed by atoms with Crippen molar-refractivity contribution >= 4 is 28.3 Å². The van der Waals surface area contributed by atoms with Crippen molar-refractivity contribution in [1.29, 1.82) is 0 Å². The Bertz CT molecular complexity index is 762. The lowest BCUT2D eigenvalue weighted by Crippen LogP contribution is -2.54. The highest BCUT2D eigenvalue weighted by Gasteiger charge is 2.32. The van der Waals surface area contributed by atoms with Crippen molar-refractivity contribution in [2.75, 3.05) is 40.4 Å². The van der Waals surface area contributed by atoms with Crippen LogP contribution < -0.4 is 20.1 Å². The van der Waals surface area contributed by atoms with Crippen molar-refractivity contribution in [3.8, 4) is 11.5 Å². The Kier molecular flexibility index (Phi) is 7.32. The van der Waals surface area contributed by atoms with Crippen LogP contribution in [-0.4, -0.2) is 65.1 Å². The van der Waals surface area contributed by atoms with Gasteiger partial charge in [0.15, 0.2) is 11.5 Å². The zero-order valence-electron chi connectivity index (χ0n) is 15.4. The Labute approximate surface area is 166 Å². The largest absolute Gasteiger partial charge is 0.493 e. The van der Waals surface area contributed by atoms with E-state index in [1.807, 2.05) is 0 Å². The van der Waals surface area contributed by atoms with E-state index in [0.29, 0.717) is 37.4 Å². The average molecular weight is 420 g/mol. The normalized spacial score (nSPS) is 18.9. The number of methoxy groups -OCH3 is 2. The smallest absolute Gasteiger partial charge is 0.243 e. The molecule has 3 rings (SSSR count). The molecule has 0 atom stereocenters. The van der Waals surface area contributed by atoms with Gasteiger partial charge in [0.05, 0.1) is 25.0 Å². The summed E-state index contributed by atoms with van der Waals surface area (Å²) in [5.74, 6) is 0.969. The third-order valence-corrected chi connectivity index (χ3v) is 6.84. The fourth-order valence-corrected chi connectivity index (χ4v) is 4.65. The van der Waals surface area contributed by atoms with E-state index in [9.17, 15) is 13.2 Å². The summed E-state index contributed by atoms with van der Waals surface area (Å²) in [5.41, 5.74) is 0. The molecular weight excluding hydrogens is 394 g/mol. The molecule has 2 fully saturated rings. The van der Waals surface area contributed by atoms with Gasteiger partial charge in [0, 0.05) is 38.3 Å². The molecule has 8 nitrogen and oxygen atoms in total. The lowest BCUT2D eigenvalue weighted by Gasteiger charge is -2.34. The topological polar surface area (TPSA) is 97.0 Å². The van der Waals surface area contributed by atoms with Crippen LogP contribution in [0.1, 0.15) is 12.8 Å². The van der Waals surface area contributed by atoms with Gasteiger partial charge in [0.2, 0.25) is 15.9 Å². The second kappa shape index (κ2) is 9.09. The summed E-state index contributed by atoms with van der Waals surface area (Å²) in [6, 6.07) is 4.62. The van der Waals surface area contributed by atoms with Gasteiger partial charge in [-0.15, -0.1) is 12.4 Å². The van der Waals surface area contributed by atoms with Crippen molar-refractivity contribution in [3.05, 3.63) is 18.2 Å². The van der Waals surface area contributed by atoms with Gasteiger partial charge in [-0.2, -0.15) is 4.31 Å². The number of benzene rings is 1. The van der Waals surface area contributed by atoms with Crippen LogP contribution in [0.4, 0.5) is 0 Å². The van der Waals surface area contributed by atoms with Crippen molar-refractivity contribution in [2.45, 2.75) is 23.8 Å². The molecular formula is C17H26ClN3O5S. The van der Waals surface area contributed by atoms with Crippen LogP contribution in [0, 0.1) is 5.92 Å². The SMILES string of the molecule is COc1ccc(S(=O)(=O)N2CCC(NC(=O)C3CNC3)CC2)cc1OC.Cl. The Morgan fingerprint density at radius 1 is 1.15 bits per heavy atom. The lowest BCUT2D eigenvalue weighted by atomic mass is 10.0. The molecule has 2 aliphatic rings. The predicted octanol–water partition coefficient (Wildman–Crippen LogP) is 0.614. The van der Waals surface area contributed by atoms with Crippen molar-refractivity contribution in [1.82, 2.24) is 14.9 Å². The maximum Gasteiger partial charge on any atom is 0.243 e. The molecule has 27 heavy (non-hydrogen) atoms. The molecule has 2 heterocycles. The molecule has 0 spiro atoms. The number of hydrogen-bond acceptors (Lipinski definition) is 6. The summed E-state index contributed by atoms with van der Waals surface area (Å²) >= 11 is 0.